The number of carbonyl (C=O) groups excluding carboxylic acids is 1. The minimum atomic E-state index is -0.822. The molecule has 0 fully saturated rings. The molecule has 1 aromatic rings. The van der Waals surface area contributed by atoms with E-state index in [-0.39, 0.29) is 24.4 Å². The number of ether oxygens (including phenoxy) is 1. The fourth-order valence-electron chi connectivity index (χ4n) is 1.93. The van der Waals surface area contributed by atoms with Crippen molar-refractivity contribution in [3.8, 4) is 5.88 Å². The van der Waals surface area contributed by atoms with Crippen LogP contribution in [-0.2, 0) is 11.3 Å². The van der Waals surface area contributed by atoms with Crippen LogP contribution in [0.4, 0.5) is 0 Å². The van der Waals surface area contributed by atoms with Crippen LogP contribution in [0.25, 0.3) is 0 Å². The fourth-order valence-corrected chi connectivity index (χ4v) is 1.93. The topological polar surface area (TPSA) is 77.2 Å². The Morgan fingerprint density at radius 3 is 2.77 bits per heavy atom. The zero-order valence-electron chi connectivity index (χ0n) is 13.9. The zero-order valence-corrected chi connectivity index (χ0v) is 14.7. The van der Waals surface area contributed by atoms with Crippen molar-refractivity contribution in [2.45, 2.75) is 65.1 Å². The molecule has 1 rings (SSSR count). The maximum absolute atomic E-state index is 12.1. The van der Waals surface area contributed by atoms with E-state index in [2.05, 4.69) is 17.2 Å². The van der Waals surface area contributed by atoms with Crippen molar-refractivity contribution < 1.29 is 9.53 Å². The predicted octanol–water partition coefficient (Wildman–Crippen LogP) is 2.81. The molecule has 1 amide bonds. The molecule has 0 aromatic carbocycles. The van der Waals surface area contributed by atoms with E-state index in [1.165, 1.54) is 0 Å². The number of halogens is 1. The number of nitrogens with two attached hydrogens (primary N) is 1. The van der Waals surface area contributed by atoms with Gasteiger partial charge in [-0.25, -0.2) is 4.98 Å². The monoisotopic (exact) mass is 329 g/mol. The standard InChI is InChI=1S/C16H27N3O2.ClH/c1-5-8-16(4,17)15(20)19-11-13-7-9-18-14(10-13)21-12(3)6-2;/h7,9-10,12H,5-6,8,11,17H2,1-4H3,(H,19,20);1H. The van der Waals surface area contributed by atoms with Gasteiger partial charge >= 0.3 is 0 Å². The van der Waals surface area contributed by atoms with Crippen LogP contribution in [-0.4, -0.2) is 22.5 Å². The number of amides is 1. The van der Waals surface area contributed by atoms with Gasteiger partial charge in [0.1, 0.15) is 0 Å². The van der Waals surface area contributed by atoms with Gasteiger partial charge in [-0.15, -0.1) is 12.4 Å². The molecule has 2 unspecified atom stereocenters. The molecular formula is C16H28ClN3O2. The van der Waals surface area contributed by atoms with E-state index < -0.39 is 5.54 Å². The third-order valence-electron chi connectivity index (χ3n) is 3.44. The van der Waals surface area contributed by atoms with Crippen LogP contribution in [0.3, 0.4) is 0 Å². The summed E-state index contributed by atoms with van der Waals surface area (Å²) < 4.78 is 5.67. The molecule has 0 aliphatic rings. The maximum atomic E-state index is 12.1. The Hall–Kier alpha value is -1.33. The first-order valence-electron chi connectivity index (χ1n) is 7.57. The number of nitrogens with zero attached hydrogens (tertiary/aromatic N) is 1. The smallest absolute Gasteiger partial charge is 0.240 e. The molecular weight excluding hydrogens is 302 g/mol. The average Bonchev–Trinajstić information content (AvgIpc) is 2.44. The molecule has 5 nitrogen and oxygen atoms in total. The summed E-state index contributed by atoms with van der Waals surface area (Å²) in [5, 5.41) is 2.87. The van der Waals surface area contributed by atoms with Gasteiger partial charge in [0.05, 0.1) is 11.6 Å². The van der Waals surface area contributed by atoms with E-state index in [4.69, 9.17) is 10.5 Å². The predicted molar refractivity (Wildman–Crippen MR) is 91.2 cm³/mol. The number of hydrogen-bond donors (Lipinski definition) is 2. The minimum absolute atomic E-state index is 0. The lowest BCUT2D eigenvalue weighted by Crippen LogP contribution is -2.51. The molecule has 2 atom stereocenters. The summed E-state index contributed by atoms with van der Waals surface area (Å²) in [5.41, 5.74) is 6.13. The summed E-state index contributed by atoms with van der Waals surface area (Å²) in [6, 6.07) is 3.71. The van der Waals surface area contributed by atoms with Gasteiger partial charge in [-0.1, -0.05) is 20.3 Å². The molecule has 0 spiro atoms. The lowest BCUT2D eigenvalue weighted by atomic mass is 9.96. The van der Waals surface area contributed by atoms with Crippen molar-refractivity contribution in [2.75, 3.05) is 0 Å². The van der Waals surface area contributed by atoms with Gasteiger partial charge in [-0.05, 0) is 38.3 Å². The molecule has 3 N–H and O–H groups in total. The minimum Gasteiger partial charge on any atom is -0.475 e. The summed E-state index contributed by atoms with van der Waals surface area (Å²) in [7, 11) is 0. The van der Waals surface area contributed by atoms with Crippen LogP contribution >= 0.6 is 12.4 Å². The van der Waals surface area contributed by atoms with E-state index in [0.717, 1.165) is 18.4 Å². The normalized spacial score (nSPS) is 14.4. The summed E-state index contributed by atoms with van der Waals surface area (Å²) in [5.74, 6) is 0.450. The molecule has 0 aliphatic carbocycles. The van der Waals surface area contributed by atoms with Crippen molar-refractivity contribution in [3.05, 3.63) is 23.9 Å². The van der Waals surface area contributed by atoms with Gasteiger partial charge in [0.15, 0.2) is 0 Å². The summed E-state index contributed by atoms with van der Waals surface area (Å²) in [6.45, 7) is 8.26. The number of pyridine rings is 1. The molecule has 0 bridgehead atoms. The fraction of sp³-hybridized carbons (Fsp3) is 0.625. The highest BCUT2D eigenvalue weighted by atomic mass is 35.5. The number of carbonyl (C=O) groups is 1. The highest BCUT2D eigenvalue weighted by Crippen LogP contribution is 2.13. The Labute approximate surface area is 139 Å². The highest BCUT2D eigenvalue weighted by molar-refractivity contribution is 5.85. The molecule has 0 radical (unpaired) electrons. The Balaban J connectivity index is 0.00000441. The number of aromatic nitrogens is 1. The highest BCUT2D eigenvalue weighted by Gasteiger charge is 2.26. The first-order chi connectivity index (χ1) is 9.89. The number of rotatable bonds is 8. The van der Waals surface area contributed by atoms with Crippen LogP contribution in [0, 0.1) is 0 Å². The quantitative estimate of drug-likeness (QED) is 0.768. The van der Waals surface area contributed by atoms with E-state index in [1.807, 2.05) is 26.0 Å². The first kappa shape index (κ1) is 20.7. The van der Waals surface area contributed by atoms with Gasteiger partial charge in [-0.2, -0.15) is 0 Å². The first-order valence-corrected chi connectivity index (χ1v) is 7.57. The molecule has 126 valence electrons. The van der Waals surface area contributed by atoms with Gasteiger partial charge < -0.3 is 15.8 Å². The number of nitrogens with one attached hydrogen (secondary N) is 1. The van der Waals surface area contributed by atoms with Crippen LogP contribution in [0.2, 0.25) is 0 Å². The van der Waals surface area contributed by atoms with Crippen molar-refractivity contribution in [1.82, 2.24) is 10.3 Å². The zero-order chi connectivity index (χ0) is 15.9. The third kappa shape index (κ3) is 6.62. The second-order valence-corrected chi connectivity index (χ2v) is 5.69. The molecule has 0 aliphatic heterocycles. The molecule has 1 heterocycles. The van der Waals surface area contributed by atoms with Gasteiger partial charge in [0.2, 0.25) is 11.8 Å². The van der Waals surface area contributed by atoms with Crippen molar-refractivity contribution in [1.29, 1.82) is 0 Å². The van der Waals surface area contributed by atoms with Crippen LogP contribution in [0.5, 0.6) is 5.88 Å². The largest absolute Gasteiger partial charge is 0.475 e. The molecule has 6 heteroatoms. The number of hydrogen-bond acceptors (Lipinski definition) is 4. The van der Waals surface area contributed by atoms with Crippen LogP contribution in [0.15, 0.2) is 18.3 Å². The van der Waals surface area contributed by atoms with Gasteiger partial charge in [-0.3, -0.25) is 4.79 Å². The van der Waals surface area contributed by atoms with Crippen molar-refractivity contribution >= 4 is 18.3 Å². The Morgan fingerprint density at radius 1 is 1.50 bits per heavy atom. The van der Waals surface area contributed by atoms with Crippen LogP contribution < -0.4 is 15.8 Å². The Bertz CT molecular complexity index is 466. The third-order valence-corrected chi connectivity index (χ3v) is 3.44. The Morgan fingerprint density at radius 2 is 2.18 bits per heavy atom. The summed E-state index contributed by atoms with van der Waals surface area (Å²) >= 11 is 0. The van der Waals surface area contributed by atoms with E-state index >= 15 is 0 Å². The van der Waals surface area contributed by atoms with Crippen LogP contribution in [0.1, 0.15) is 52.5 Å². The molecule has 22 heavy (non-hydrogen) atoms. The Kier molecular flexibility index (Phi) is 9.06. The summed E-state index contributed by atoms with van der Waals surface area (Å²) in [6.07, 6.45) is 4.28. The van der Waals surface area contributed by atoms with Gasteiger partial charge in [0, 0.05) is 18.8 Å². The van der Waals surface area contributed by atoms with E-state index in [0.29, 0.717) is 18.8 Å². The molecule has 1 aromatic heterocycles. The average molecular weight is 330 g/mol. The summed E-state index contributed by atoms with van der Waals surface area (Å²) in [4.78, 5) is 16.2. The van der Waals surface area contributed by atoms with Crippen molar-refractivity contribution in [2.24, 2.45) is 5.73 Å². The maximum Gasteiger partial charge on any atom is 0.240 e. The lowest BCUT2D eigenvalue weighted by Gasteiger charge is -2.22. The molecule has 0 saturated heterocycles. The second-order valence-electron chi connectivity index (χ2n) is 5.69. The molecule has 0 saturated carbocycles. The lowest BCUT2D eigenvalue weighted by molar-refractivity contribution is -0.126. The second kappa shape index (κ2) is 9.64. The van der Waals surface area contributed by atoms with Crippen molar-refractivity contribution in [3.63, 3.8) is 0 Å². The SMILES string of the molecule is CCCC(C)(N)C(=O)NCc1ccnc(OC(C)CC)c1.Cl. The van der Waals surface area contributed by atoms with E-state index in [1.54, 1.807) is 13.1 Å². The van der Waals surface area contributed by atoms with Gasteiger partial charge in [0.25, 0.3) is 0 Å². The van der Waals surface area contributed by atoms with E-state index in [9.17, 15) is 4.79 Å².